The summed E-state index contributed by atoms with van der Waals surface area (Å²) in [5.41, 5.74) is 1.36. The molecule has 0 aliphatic carbocycles. The molecule has 0 spiro atoms. The maximum atomic E-state index is 12.8. The van der Waals surface area contributed by atoms with Crippen LogP contribution in [-0.4, -0.2) is 44.1 Å². The zero-order valence-electron chi connectivity index (χ0n) is 25.6. The van der Waals surface area contributed by atoms with Crippen molar-refractivity contribution in [1.29, 1.82) is 0 Å². The standard InChI is InChI=1S/C36H58NO2/c1-4-30-37(2,3)31-24-17-15-13-11-9-7-5-6-8-10-12-14-16-18-25-32-39-35-29-23-22-28-34(35)36(38)33-26-20-19-21-27-33/h19-23,26-29H,4-18,24-25,30-32H2,1-3H3/q+1. The van der Waals surface area contributed by atoms with Crippen LogP contribution >= 0.6 is 0 Å². The predicted molar refractivity (Wildman–Crippen MR) is 168 cm³/mol. The number of hydrogen-bond acceptors (Lipinski definition) is 2. The highest BCUT2D eigenvalue weighted by Gasteiger charge is 2.14. The van der Waals surface area contributed by atoms with Crippen molar-refractivity contribution in [2.75, 3.05) is 33.8 Å². The molecule has 0 bridgehead atoms. The summed E-state index contributed by atoms with van der Waals surface area (Å²) in [7, 11) is 4.75. The number of unbranched alkanes of at least 4 members (excludes halogenated alkanes) is 15. The number of carbonyl (C=O) groups excluding carboxylic acids is 1. The molecular formula is C36H58NO2+. The Hall–Kier alpha value is -2.13. The molecule has 0 aliphatic rings. The molecule has 0 saturated heterocycles. The number of ketones is 1. The molecule has 0 N–H and O–H groups in total. The van der Waals surface area contributed by atoms with Crippen molar-refractivity contribution < 1.29 is 14.0 Å². The van der Waals surface area contributed by atoms with E-state index in [1.165, 1.54) is 120 Å². The van der Waals surface area contributed by atoms with Crippen LogP contribution in [0.4, 0.5) is 0 Å². The van der Waals surface area contributed by atoms with Crippen molar-refractivity contribution in [1.82, 2.24) is 0 Å². The lowest BCUT2D eigenvalue weighted by Crippen LogP contribution is -2.40. The molecule has 0 aliphatic heterocycles. The molecule has 0 heterocycles. The highest BCUT2D eigenvalue weighted by molar-refractivity contribution is 6.10. The van der Waals surface area contributed by atoms with Crippen LogP contribution in [0, 0.1) is 0 Å². The molecule has 0 saturated carbocycles. The van der Waals surface area contributed by atoms with Crippen molar-refractivity contribution in [2.45, 2.75) is 116 Å². The van der Waals surface area contributed by atoms with Gasteiger partial charge in [0.15, 0.2) is 5.78 Å². The summed E-state index contributed by atoms with van der Waals surface area (Å²) in [5, 5.41) is 0. The number of ether oxygens (including phenoxy) is 1. The van der Waals surface area contributed by atoms with E-state index >= 15 is 0 Å². The number of rotatable bonds is 24. The van der Waals surface area contributed by atoms with Crippen molar-refractivity contribution >= 4 is 5.78 Å². The van der Waals surface area contributed by atoms with Crippen LogP contribution in [0.5, 0.6) is 5.75 Å². The van der Waals surface area contributed by atoms with Gasteiger partial charge in [-0.3, -0.25) is 4.79 Å². The molecule has 2 aromatic carbocycles. The smallest absolute Gasteiger partial charge is 0.196 e. The SMILES string of the molecule is CCC[N+](C)(C)CCCCCCCCCCCCCCCCCCOc1ccccc1C(=O)c1ccccc1. The summed E-state index contributed by atoms with van der Waals surface area (Å²) in [6, 6.07) is 17.1. The van der Waals surface area contributed by atoms with Crippen molar-refractivity contribution in [3.05, 3.63) is 65.7 Å². The van der Waals surface area contributed by atoms with Crippen LogP contribution in [0.15, 0.2) is 54.6 Å². The van der Waals surface area contributed by atoms with Gasteiger partial charge in [-0.05, 0) is 37.8 Å². The number of nitrogens with zero attached hydrogens (tertiary/aromatic N) is 1. The fourth-order valence-electron chi connectivity index (χ4n) is 5.54. The first-order valence-electron chi connectivity index (χ1n) is 16.2. The molecule has 39 heavy (non-hydrogen) atoms. The van der Waals surface area contributed by atoms with E-state index in [9.17, 15) is 4.79 Å². The van der Waals surface area contributed by atoms with Gasteiger partial charge < -0.3 is 9.22 Å². The lowest BCUT2D eigenvalue weighted by molar-refractivity contribution is -0.890. The van der Waals surface area contributed by atoms with Crippen LogP contribution in [0.2, 0.25) is 0 Å². The zero-order chi connectivity index (χ0) is 28.0. The van der Waals surface area contributed by atoms with Gasteiger partial charge in [0.05, 0.1) is 39.4 Å². The summed E-state index contributed by atoms with van der Waals surface area (Å²) in [6.07, 6.45) is 23.1. The van der Waals surface area contributed by atoms with E-state index in [4.69, 9.17) is 4.74 Å². The van der Waals surface area contributed by atoms with E-state index in [0.717, 1.165) is 6.42 Å². The third kappa shape index (κ3) is 15.3. The second kappa shape index (κ2) is 20.7. The van der Waals surface area contributed by atoms with E-state index in [1.54, 1.807) is 0 Å². The molecule has 0 aromatic heterocycles. The average molecular weight is 537 g/mol. The first-order chi connectivity index (χ1) is 19.0. The van der Waals surface area contributed by atoms with Gasteiger partial charge in [0, 0.05) is 5.56 Å². The normalized spacial score (nSPS) is 11.6. The number of quaternary nitrogens is 1. The molecule has 0 radical (unpaired) electrons. The van der Waals surface area contributed by atoms with Crippen LogP contribution in [-0.2, 0) is 0 Å². The fraction of sp³-hybridized carbons (Fsp3) is 0.639. The third-order valence-corrected chi connectivity index (χ3v) is 7.91. The first-order valence-corrected chi connectivity index (χ1v) is 16.2. The molecule has 0 atom stereocenters. The van der Waals surface area contributed by atoms with Gasteiger partial charge in [-0.2, -0.15) is 0 Å². The lowest BCUT2D eigenvalue weighted by atomic mass is 10.0. The van der Waals surface area contributed by atoms with Crippen molar-refractivity contribution in [2.24, 2.45) is 0 Å². The number of carbonyl (C=O) groups is 1. The second-order valence-corrected chi connectivity index (χ2v) is 12.1. The minimum absolute atomic E-state index is 0.0263. The van der Waals surface area contributed by atoms with E-state index in [-0.39, 0.29) is 5.78 Å². The second-order valence-electron chi connectivity index (χ2n) is 12.1. The Morgan fingerprint density at radius 2 is 1.05 bits per heavy atom. The minimum Gasteiger partial charge on any atom is -0.493 e. The molecule has 0 fully saturated rings. The number of para-hydroxylation sites is 1. The van der Waals surface area contributed by atoms with E-state index in [0.29, 0.717) is 23.5 Å². The summed E-state index contributed by atoms with van der Waals surface area (Å²) in [4.78, 5) is 12.8. The largest absolute Gasteiger partial charge is 0.493 e. The maximum absolute atomic E-state index is 12.8. The molecule has 0 amide bonds. The topological polar surface area (TPSA) is 26.3 Å². The monoisotopic (exact) mass is 536 g/mol. The molecule has 3 nitrogen and oxygen atoms in total. The molecular weight excluding hydrogens is 478 g/mol. The molecule has 2 aromatic rings. The van der Waals surface area contributed by atoms with Gasteiger partial charge in [-0.15, -0.1) is 0 Å². The Morgan fingerprint density at radius 3 is 1.59 bits per heavy atom. The van der Waals surface area contributed by atoms with E-state index in [2.05, 4.69) is 21.0 Å². The lowest BCUT2D eigenvalue weighted by Gasteiger charge is -2.29. The highest BCUT2D eigenvalue weighted by Crippen LogP contribution is 2.22. The Labute approximate surface area is 240 Å². The van der Waals surface area contributed by atoms with Crippen LogP contribution in [0.1, 0.15) is 132 Å². The van der Waals surface area contributed by atoms with Gasteiger partial charge in [0.2, 0.25) is 0 Å². The minimum atomic E-state index is 0.0263. The molecule has 218 valence electrons. The zero-order valence-corrected chi connectivity index (χ0v) is 25.6. The van der Waals surface area contributed by atoms with Crippen molar-refractivity contribution in [3.63, 3.8) is 0 Å². The third-order valence-electron chi connectivity index (χ3n) is 7.91. The maximum Gasteiger partial charge on any atom is 0.196 e. The van der Waals surface area contributed by atoms with Gasteiger partial charge in [-0.25, -0.2) is 0 Å². The van der Waals surface area contributed by atoms with Gasteiger partial charge in [0.1, 0.15) is 5.75 Å². The predicted octanol–water partition coefficient (Wildman–Crippen LogP) is 10.0. The summed E-state index contributed by atoms with van der Waals surface area (Å²) in [5.74, 6) is 0.728. The summed E-state index contributed by atoms with van der Waals surface area (Å²) in [6.45, 7) is 5.62. The van der Waals surface area contributed by atoms with Crippen LogP contribution < -0.4 is 4.74 Å². The average Bonchev–Trinajstić information content (AvgIpc) is 2.94. The Morgan fingerprint density at radius 1 is 0.590 bits per heavy atom. The quantitative estimate of drug-likeness (QED) is 0.0758. The molecule has 3 heteroatoms. The highest BCUT2D eigenvalue weighted by atomic mass is 16.5. The molecule has 2 rings (SSSR count). The van der Waals surface area contributed by atoms with E-state index < -0.39 is 0 Å². The van der Waals surface area contributed by atoms with Gasteiger partial charge >= 0.3 is 0 Å². The van der Waals surface area contributed by atoms with Gasteiger partial charge in [0.25, 0.3) is 0 Å². The summed E-state index contributed by atoms with van der Waals surface area (Å²) < 4.78 is 7.20. The van der Waals surface area contributed by atoms with Gasteiger partial charge in [-0.1, -0.05) is 133 Å². The Kier molecular flexibility index (Phi) is 17.6. The molecule has 0 unspecified atom stereocenters. The Balaban J connectivity index is 1.37. The van der Waals surface area contributed by atoms with E-state index in [1.807, 2.05) is 54.6 Å². The fourth-order valence-corrected chi connectivity index (χ4v) is 5.54. The summed E-state index contributed by atoms with van der Waals surface area (Å²) >= 11 is 0. The van der Waals surface area contributed by atoms with Crippen LogP contribution in [0.25, 0.3) is 0 Å². The number of benzene rings is 2. The number of hydrogen-bond donors (Lipinski definition) is 0. The first kappa shape index (κ1) is 33.1. The van der Waals surface area contributed by atoms with Crippen LogP contribution in [0.3, 0.4) is 0 Å². The van der Waals surface area contributed by atoms with Crippen molar-refractivity contribution in [3.8, 4) is 5.75 Å². The Bertz CT molecular complexity index is 877.